The van der Waals surface area contributed by atoms with Crippen LogP contribution >= 0.6 is 0 Å². The summed E-state index contributed by atoms with van der Waals surface area (Å²) in [5.41, 5.74) is -0.169. The Morgan fingerprint density at radius 2 is 1.94 bits per heavy atom. The Hall–Kier alpha value is -3.41. The van der Waals surface area contributed by atoms with E-state index in [0.29, 0.717) is 17.1 Å². The van der Waals surface area contributed by atoms with Crippen molar-refractivity contribution in [2.75, 3.05) is 20.8 Å². The molecule has 2 amide bonds. The van der Waals surface area contributed by atoms with Crippen molar-refractivity contribution in [1.29, 1.82) is 0 Å². The third-order valence-corrected chi connectivity index (χ3v) is 4.46. The van der Waals surface area contributed by atoms with Crippen molar-refractivity contribution >= 4 is 18.0 Å². The lowest BCUT2D eigenvalue weighted by atomic mass is 10.0. The Labute approximate surface area is 189 Å². The number of rotatable bonds is 10. The molecule has 0 aromatic heterocycles. The molecule has 32 heavy (non-hydrogen) atoms. The molecule has 1 aromatic rings. The van der Waals surface area contributed by atoms with E-state index in [-0.39, 0.29) is 19.4 Å². The third-order valence-electron chi connectivity index (χ3n) is 4.46. The van der Waals surface area contributed by atoms with Gasteiger partial charge < -0.3 is 24.6 Å². The summed E-state index contributed by atoms with van der Waals surface area (Å²) in [6.45, 7) is 6.96. The van der Waals surface area contributed by atoms with Gasteiger partial charge in [-0.05, 0) is 38.8 Å². The molecule has 1 rings (SSSR count). The van der Waals surface area contributed by atoms with E-state index in [9.17, 15) is 19.5 Å². The van der Waals surface area contributed by atoms with Crippen molar-refractivity contribution in [2.45, 2.75) is 58.2 Å². The molecule has 9 nitrogen and oxygen atoms in total. The maximum atomic E-state index is 12.8. The van der Waals surface area contributed by atoms with Crippen molar-refractivity contribution in [2.24, 2.45) is 0 Å². The number of benzene rings is 1. The predicted molar refractivity (Wildman–Crippen MR) is 119 cm³/mol. The molecule has 0 saturated heterocycles. The fourth-order valence-electron chi connectivity index (χ4n) is 2.89. The number of amides is 2. The van der Waals surface area contributed by atoms with E-state index in [2.05, 4.69) is 11.2 Å². The lowest BCUT2D eigenvalue weighted by molar-refractivity contribution is -0.142. The minimum atomic E-state index is -1.24. The SMILES string of the molecule is C#CCOc1ccc(C[C@H](NC(=O)[C@H](CC)N(C)C(=O)OC(C)(C)C)C(=O)O)c(OC)c1. The Morgan fingerprint density at radius 3 is 2.44 bits per heavy atom. The second-order valence-corrected chi connectivity index (χ2v) is 8.09. The molecular weight excluding hydrogens is 416 g/mol. The molecule has 176 valence electrons. The van der Waals surface area contributed by atoms with E-state index >= 15 is 0 Å². The summed E-state index contributed by atoms with van der Waals surface area (Å²) in [5, 5.41) is 12.2. The average molecular weight is 449 g/mol. The van der Waals surface area contributed by atoms with Gasteiger partial charge in [-0.3, -0.25) is 9.69 Å². The molecule has 0 aliphatic heterocycles. The van der Waals surface area contributed by atoms with Gasteiger partial charge in [0.2, 0.25) is 5.91 Å². The summed E-state index contributed by atoms with van der Waals surface area (Å²) in [7, 11) is 2.89. The van der Waals surface area contributed by atoms with Gasteiger partial charge in [0.1, 0.15) is 35.8 Å². The molecule has 2 atom stereocenters. The van der Waals surface area contributed by atoms with Gasteiger partial charge in [-0.1, -0.05) is 18.9 Å². The quantitative estimate of drug-likeness (QED) is 0.529. The molecule has 1 aromatic carbocycles. The Bertz CT molecular complexity index is 855. The molecule has 2 N–H and O–H groups in total. The molecule has 0 aliphatic rings. The van der Waals surface area contributed by atoms with Crippen molar-refractivity contribution in [3.63, 3.8) is 0 Å². The number of likely N-dealkylation sites (N-methyl/N-ethyl adjacent to an activating group) is 1. The van der Waals surface area contributed by atoms with Gasteiger partial charge in [0.15, 0.2) is 0 Å². The molecule has 0 radical (unpaired) electrons. The highest BCUT2D eigenvalue weighted by Gasteiger charge is 2.32. The van der Waals surface area contributed by atoms with Crippen molar-refractivity contribution in [3.8, 4) is 23.8 Å². The van der Waals surface area contributed by atoms with E-state index in [1.54, 1.807) is 45.9 Å². The molecule has 0 unspecified atom stereocenters. The van der Waals surface area contributed by atoms with Gasteiger partial charge in [-0.25, -0.2) is 9.59 Å². The number of hydrogen-bond acceptors (Lipinski definition) is 6. The van der Waals surface area contributed by atoms with Crippen LogP contribution in [0.3, 0.4) is 0 Å². The zero-order valence-electron chi connectivity index (χ0n) is 19.4. The van der Waals surface area contributed by atoms with Crippen molar-refractivity contribution in [1.82, 2.24) is 10.2 Å². The number of carboxylic acid groups (broad SMARTS) is 1. The highest BCUT2D eigenvalue weighted by molar-refractivity contribution is 5.89. The van der Waals surface area contributed by atoms with Gasteiger partial charge in [-0.2, -0.15) is 0 Å². The van der Waals surface area contributed by atoms with Crippen LogP contribution in [0.15, 0.2) is 18.2 Å². The van der Waals surface area contributed by atoms with Crippen LogP contribution in [0.2, 0.25) is 0 Å². The first kappa shape index (κ1) is 26.6. The van der Waals surface area contributed by atoms with Crippen molar-refractivity contribution in [3.05, 3.63) is 23.8 Å². The van der Waals surface area contributed by atoms with Crippen LogP contribution in [0.4, 0.5) is 4.79 Å². The molecule has 0 spiro atoms. The van der Waals surface area contributed by atoms with E-state index in [1.165, 1.54) is 14.2 Å². The molecular formula is C23H32N2O7. The number of carboxylic acids is 1. The number of aliphatic carboxylic acids is 1. The van der Waals surface area contributed by atoms with Crippen LogP contribution in [0.5, 0.6) is 11.5 Å². The predicted octanol–water partition coefficient (Wildman–Crippen LogP) is 2.46. The maximum Gasteiger partial charge on any atom is 0.410 e. The fraction of sp³-hybridized carbons (Fsp3) is 0.522. The first-order valence-corrected chi connectivity index (χ1v) is 10.2. The summed E-state index contributed by atoms with van der Waals surface area (Å²) in [5.74, 6) is 1.42. The van der Waals surface area contributed by atoms with Crippen LogP contribution in [-0.4, -0.2) is 66.4 Å². The van der Waals surface area contributed by atoms with E-state index in [1.807, 2.05) is 0 Å². The molecule has 9 heteroatoms. The Kier molecular flexibility index (Phi) is 9.85. The van der Waals surface area contributed by atoms with Gasteiger partial charge in [0.25, 0.3) is 0 Å². The fourth-order valence-corrected chi connectivity index (χ4v) is 2.89. The summed E-state index contributed by atoms with van der Waals surface area (Å²) in [6, 6.07) is 2.75. The topological polar surface area (TPSA) is 114 Å². The largest absolute Gasteiger partial charge is 0.496 e. The zero-order valence-corrected chi connectivity index (χ0v) is 19.4. The standard InChI is InChI=1S/C23H32N2O7/c1-8-12-31-16-11-10-15(19(14-16)30-7)13-17(21(27)28)24-20(26)18(9-2)25(6)22(29)32-23(3,4)5/h1,10-11,14,17-18H,9,12-13H2,2-7H3,(H,24,26)(H,27,28)/t17-,18-/m0/s1. The normalized spacial score (nSPS) is 12.7. The van der Waals surface area contributed by atoms with Gasteiger partial charge in [0.05, 0.1) is 7.11 Å². The first-order chi connectivity index (χ1) is 14.9. The minimum absolute atomic E-state index is 0.0355. The highest BCUT2D eigenvalue weighted by Crippen LogP contribution is 2.26. The van der Waals surface area contributed by atoms with E-state index in [0.717, 1.165) is 4.90 Å². The number of terminal acetylenes is 1. The smallest absolute Gasteiger partial charge is 0.410 e. The lowest BCUT2D eigenvalue weighted by Gasteiger charge is -2.30. The van der Waals surface area contributed by atoms with Crippen LogP contribution in [0.1, 0.15) is 39.7 Å². The number of carbonyl (C=O) groups excluding carboxylic acids is 2. The van der Waals surface area contributed by atoms with Gasteiger partial charge in [0, 0.05) is 19.5 Å². The lowest BCUT2D eigenvalue weighted by Crippen LogP contribution is -2.53. The summed E-state index contributed by atoms with van der Waals surface area (Å²) in [6.07, 6.45) is 4.75. The number of carbonyl (C=O) groups is 3. The van der Waals surface area contributed by atoms with Crippen LogP contribution in [-0.2, 0) is 20.7 Å². The van der Waals surface area contributed by atoms with E-state index < -0.39 is 35.7 Å². The first-order valence-electron chi connectivity index (χ1n) is 10.2. The molecule has 0 aliphatic carbocycles. The number of hydrogen-bond donors (Lipinski definition) is 2. The van der Waals surface area contributed by atoms with Crippen molar-refractivity contribution < 1.29 is 33.7 Å². The summed E-state index contributed by atoms with van der Waals surface area (Å²) < 4.78 is 16.0. The monoisotopic (exact) mass is 448 g/mol. The third kappa shape index (κ3) is 8.02. The number of nitrogens with zero attached hydrogens (tertiary/aromatic N) is 1. The molecule has 0 saturated carbocycles. The number of nitrogens with one attached hydrogen (secondary N) is 1. The molecule has 0 heterocycles. The summed E-state index contributed by atoms with van der Waals surface area (Å²) >= 11 is 0. The van der Waals surface area contributed by atoms with Gasteiger partial charge in [-0.15, -0.1) is 6.42 Å². The van der Waals surface area contributed by atoms with Crippen LogP contribution < -0.4 is 14.8 Å². The molecule has 0 fully saturated rings. The van der Waals surface area contributed by atoms with Gasteiger partial charge >= 0.3 is 12.1 Å². The Balaban J connectivity index is 2.98. The molecule has 0 bridgehead atoms. The average Bonchev–Trinajstić information content (AvgIpc) is 2.71. The maximum absolute atomic E-state index is 12.8. The second-order valence-electron chi connectivity index (χ2n) is 8.09. The summed E-state index contributed by atoms with van der Waals surface area (Å²) in [4.78, 5) is 38.2. The highest BCUT2D eigenvalue weighted by atomic mass is 16.6. The van der Waals surface area contributed by atoms with Crippen LogP contribution in [0.25, 0.3) is 0 Å². The second kappa shape index (κ2) is 11.8. The Morgan fingerprint density at radius 1 is 1.28 bits per heavy atom. The van der Waals surface area contributed by atoms with E-state index in [4.69, 9.17) is 20.6 Å². The number of methoxy groups -OCH3 is 1. The minimum Gasteiger partial charge on any atom is -0.496 e. The number of ether oxygens (including phenoxy) is 3. The zero-order chi connectivity index (χ0) is 24.5. The van der Waals surface area contributed by atoms with Crippen LogP contribution in [0, 0.1) is 12.3 Å².